The number of halogens is 2. The van der Waals surface area contributed by atoms with Crippen molar-refractivity contribution in [3.8, 4) is 11.1 Å². The van der Waals surface area contributed by atoms with E-state index in [1.165, 1.54) is 5.01 Å². The number of carbonyl (C=O) groups excluding carboxylic acids is 1. The molecule has 1 aromatic heterocycles. The predicted octanol–water partition coefficient (Wildman–Crippen LogP) is 6.04. The number of pyridine rings is 1. The Bertz CT molecular complexity index is 1620. The summed E-state index contributed by atoms with van der Waals surface area (Å²) in [5, 5.41) is 16.7. The van der Waals surface area contributed by atoms with Crippen molar-refractivity contribution < 1.29 is 14.7 Å². The van der Waals surface area contributed by atoms with Crippen LogP contribution in [0.3, 0.4) is 0 Å². The lowest BCUT2D eigenvalue weighted by Gasteiger charge is -2.22. The lowest BCUT2D eigenvalue weighted by molar-refractivity contribution is -0.141. The van der Waals surface area contributed by atoms with Crippen LogP contribution in [0.5, 0.6) is 0 Å². The van der Waals surface area contributed by atoms with Crippen molar-refractivity contribution in [3.63, 3.8) is 0 Å². The second-order valence-corrected chi connectivity index (χ2v) is 9.52. The molecule has 5 rings (SSSR count). The number of rotatable bonds is 6. The molecular weight excluding hydrogens is 513 g/mol. The number of aromatic nitrogens is 1. The quantitative estimate of drug-likeness (QED) is 0.315. The summed E-state index contributed by atoms with van der Waals surface area (Å²) in [5.74, 6) is -1.55. The maximum atomic E-state index is 13.5. The molecule has 1 aliphatic heterocycles. The number of benzene rings is 3. The summed E-state index contributed by atoms with van der Waals surface area (Å²) < 4.78 is 0. The second-order valence-electron chi connectivity index (χ2n) is 8.68. The summed E-state index contributed by atoms with van der Waals surface area (Å²) in [4.78, 5) is 40.7. The monoisotopic (exact) mass is 533 g/mol. The molecule has 1 atom stereocenters. The van der Waals surface area contributed by atoms with E-state index in [-0.39, 0.29) is 24.8 Å². The van der Waals surface area contributed by atoms with Gasteiger partial charge < -0.3 is 10.1 Å². The molecule has 2 heterocycles. The Hall–Kier alpha value is -3.94. The zero-order valence-corrected chi connectivity index (χ0v) is 21.0. The van der Waals surface area contributed by atoms with Crippen molar-refractivity contribution in [2.24, 2.45) is 5.10 Å². The van der Waals surface area contributed by atoms with Gasteiger partial charge >= 0.3 is 5.97 Å². The summed E-state index contributed by atoms with van der Waals surface area (Å²) in [7, 11) is 0. The first-order valence-electron chi connectivity index (χ1n) is 11.6. The Kier molecular flexibility index (Phi) is 6.82. The van der Waals surface area contributed by atoms with Gasteiger partial charge in [0, 0.05) is 39.4 Å². The number of hydrogen-bond donors (Lipinski definition) is 2. The lowest BCUT2D eigenvalue weighted by Crippen LogP contribution is -2.27. The SMILES string of the molecule is O=C(O)CCC(=O)N1N=C(c2c(-c3ccccc3)c3cc(Cl)ccc3[nH]c2=O)C[C@@H]1c1ccccc1Cl. The number of carboxylic acid groups (broad SMARTS) is 1. The van der Waals surface area contributed by atoms with Crippen molar-refractivity contribution in [3.05, 3.63) is 104 Å². The van der Waals surface area contributed by atoms with Gasteiger partial charge in [-0.25, -0.2) is 5.01 Å². The largest absolute Gasteiger partial charge is 0.481 e. The van der Waals surface area contributed by atoms with E-state index in [0.29, 0.717) is 38.0 Å². The van der Waals surface area contributed by atoms with Gasteiger partial charge in [-0.1, -0.05) is 71.7 Å². The molecular formula is C28H21Cl2N3O4. The van der Waals surface area contributed by atoms with Gasteiger partial charge in [-0.05, 0) is 35.4 Å². The third kappa shape index (κ3) is 4.88. The molecule has 4 aromatic rings. The Balaban J connectivity index is 1.71. The number of carboxylic acids is 1. The van der Waals surface area contributed by atoms with Gasteiger partial charge in [0.15, 0.2) is 0 Å². The van der Waals surface area contributed by atoms with Crippen LogP contribution >= 0.6 is 23.2 Å². The third-order valence-electron chi connectivity index (χ3n) is 6.31. The highest BCUT2D eigenvalue weighted by molar-refractivity contribution is 6.32. The van der Waals surface area contributed by atoms with Crippen molar-refractivity contribution in [2.45, 2.75) is 25.3 Å². The standard InChI is InChI=1S/C28H21Cl2N3O4/c29-17-10-11-21-19(14-17)26(16-6-2-1-3-7-16)27(28(37)31-21)22-15-23(18-8-4-5-9-20(18)30)33(32-22)24(34)12-13-25(35)36/h1-11,14,23H,12-13,15H2,(H,31,37)(H,35,36)/t23-/m1/s1. The zero-order chi connectivity index (χ0) is 26.1. The van der Waals surface area contributed by atoms with Crippen LogP contribution in [0.25, 0.3) is 22.0 Å². The smallest absolute Gasteiger partial charge is 0.303 e. The van der Waals surface area contributed by atoms with Crippen LogP contribution < -0.4 is 5.56 Å². The fourth-order valence-corrected chi connectivity index (χ4v) is 5.09. The van der Waals surface area contributed by atoms with Gasteiger partial charge in [0.2, 0.25) is 5.91 Å². The predicted molar refractivity (Wildman–Crippen MR) is 144 cm³/mol. The Morgan fingerprint density at radius 3 is 2.43 bits per heavy atom. The molecule has 186 valence electrons. The average Bonchev–Trinajstić information content (AvgIpc) is 3.32. The highest BCUT2D eigenvalue weighted by Crippen LogP contribution is 2.39. The summed E-state index contributed by atoms with van der Waals surface area (Å²) in [6.07, 6.45) is -0.348. The summed E-state index contributed by atoms with van der Waals surface area (Å²) in [6.45, 7) is 0. The molecule has 3 aromatic carbocycles. The highest BCUT2D eigenvalue weighted by atomic mass is 35.5. The van der Waals surface area contributed by atoms with Crippen LogP contribution in [0.15, 0.2) is 82.7 Å². The Labute approximate surface area is 222 Å². The molecule has 0 fully saturated rings. The number of aromatic amines is 1. The summed E-state index contributed by atoms with van der Waals surface area (Å²) in [5.41, 5.74) is 3.09. The topological polar surface area (TPSA) is 103 Å². The first kappa shape index (κ1) is 24.7. The van der Waals surface area contributed by atoms with Crippen molar-refractivity contribution in [1.82, 2.24) is 9.99 Å². The molecule has 0 aliphatic carbocycles. The second kappa shape index (κ2) is 10.2. The minimum Gasteiger partial charge on any atom is -0.481 e. The maximum Gasteiger partial charge on any atom is 0.303 e. The first-order valence-corrected chi connectivity index (χ1v) is 12.4. The van der Waals surface area contributed by atoms with Gasteiger partial charge in [-0.15, -0.1) is 0 Å². The van der Waals surface area contributed by atoms with Gasteiger partial charge in [-0.2, -0.15) is 5.10 Å². The van der Waals surface area contributed by atoms with E-state index in [9.17, 15) is 14.4 Å². The summed E-state index contributed by atoms with van der Waals surface area (Å²) >= 11 is 12.8. The number of hydrazone groups is 1. The van der Waals surface area contributed by atoms with E-state index in [0.717, 1.165) is 10.9 Å². The maximum absolute atomic E-state index is 13.5. The molecule has 7 nitrogen and oxygen atoms in total. The van der Waals surface area contributed by atoms with Crippen LogP contribution in [0.1, 0.15) is 36.4 Å². The normalized spacial score (nSPS) is 15.1. The van der Waals surface area contributed by atoms with E-state index >= 15 is 0 Å². The molecule has 2 N–H and O–H groups in total. The van der Waals surface area contributed by atoms with Crippen LogP contribution in [-0.2, 0) is 9.59 Å². The molecule has 1 amide bonds. The third-order valence-corrected chi connectivity index (χ3v) is 6.89. The molecule has 9 heteroatoms. The number of amides is 1. The van der Waals surface area contributed by atoms with Gasteiger partial charge in [0.1, 0.15) is 0 Å². The average molecular weight is 534 g/mol. The van der Waals surface area contributed by atoms with Crippen LogP contribution in [0.4, 0.5) is 0 Å². The van der Waals surface area contributed by atoms with Gasteiger partial charge in [0.25, 0.3) is 5.56 Å². The molecule has 0 unspecified atom stereocenters. The zero-order valence-electron chi connectivity index (χ0n) is 19.4. The van der Waals surface area contributed by atoms with E-state index in [1.54, 1.807) is 42.5 Å². The molecule has 0 saturated heterocycles. The Morgan fingerprint density at radius 1 is 0.973 bits per heavy atom. The van der Waals surface area contributed by atoms with Crippen molar-refractivity contribution in [2.75, 3.05) is 0 Å². The van der Waals surface area contributed by atoms with Gasteiger partial charge in [0.05, 0.1) is 23.7 Å². The van der Waals surface area contributed by atoms with E-state index in [4.69, 9.17) is 28.3 Å². The summed E-state index contributed by atoms with van der Waals surface area (Å²) in [6, 6.07) is 21.2. The van der Waals surface area contributed by atoms with Crippen molar-refractivity contribution >= 4 is 51.7 Å². The lowest BCUT2D eigenvalue weighted by atomic mass is 9.91. The van der Waals surface area contributed by atoms with Crippen LogP contribution in [0.2, 0.25) is 10.0 Å². The number of aliphatic carboxylic acids is 1. The number of H-pyrrole nitrogens is 1. The number of hydrogen-bond acceptors (Lipinski definition) is 4. The number of carbonyl (C=O) groups is 2. The van der Waals surface area contributed by atoms with Crippen molar-refractivity contribution in [1.29, 1.82) is 0 Å². The van der Waals surface area contributed by atoms with E-state index in [2.05, 4.69) is 10.1 Å². The van der Waals surface area contributed by atoms with Crippen LogP contribution in [0, 0.1) is 0 Å². The molecule has 0 bridgehead atoms. The number of fused-ring (bicyclic) bond motifs is 1. The fourth-order valence-electron chi connectivity index (χ4n) is 4.65. The molecule has 1 aliphatic rings. The highest BCUT2D eigenvalue weighted by Gasteiger charge is 2.36. The first-order chi connectivity index (χ1) is 17.8. The fraction of sp³-hybridized carbons (Fsp3) is 0.143. The molecule has 37 heavy (non-hydrogen) atoms. The number of nitrogens with one attached hydrogen (secondary N) is 1. The molecule has 0 radical (unpaired) electrons. The van der Waals surface area contributed by atoms with E-state index < -0.39 is 17.9 Å². The minimum atomic E-state index is -1.08. The van der Waals surface area contributed by atoms with E-state index in [1.807, 2.05) is 30.3 Å². The molecule has 0 spiro atoms. The minimum absolute atomic E-state index is 0.220. The number of nitrogens with zero attached hydrogens (tertiary/aromatic N) is 2. The van der Waals surface area contributed by atoms with Crippen LogP contribution in [-0.4, -0.2) is 32.7 Å². The Morgan fingerprint density at radius 2 is 1.70 bits per heavy atom. The molecule has 0 saturated carbocycles. The van der Waals surface area contributed by atoms with Gasteiger partial charge in [-0.3, -0.25) is 14.4 Å².